The number of esters is 1. The van der Waals surface area contributed by atoms with E-state index in [-0.39, 0.29) is 17.1 Å². The van der Waals surface area contributed by atoms with Crippen LogP contribution in [0.2, 0.25) is 0 Å². The molecule has 0 heterocycles. The first-order valence-electron chi connectivity index (χ1n) is 10.5. The summed E-state index contributed by atoms with van der Waals surface area (Å²) in [5, 5.41) is 21.6. The molecular weight excluding hydrogens is 468 g/mol. The van der Waals surface area contributed by atoms with Gasteiger partial charge in [0.05, 0.1) is 5.56 Å². The molecule has 5 rings (SSSR count). The van der Waals surface area contributed by atoms with Gasteiger partial charge in [-0.05, 0) is 40.4 Å². The number of halogens is 1. The van der Waals surface area contributed by atoms with Crippen LogP contribution in [0.3, 0.4) is 0 Å². The van der Waals surface area contributed by atoms with Crippen molar-refractivity contribution in [3.8, 4) is 17.2 Å². The first kappa shape index (κ1) is 23.6. The van der Waals surface area contributed by atoms with Crippen LogP contribution in [-0.2, 0) is 0 Å². The molecule has 0 bridgehead atoms. The summed E-state index contributed by atoms with van der Waals surface area (Å²) in [4.78, 5) is 23.1. The zero-order valence-electron chi connectivity index (χ0n) is 18.2. The maximum Gasteiger partial charge on any atom is 0.344 e. The smallest absolute Gasteiger partial charge is 0.344 e. The van der Waals surface area contributed by atoms with Crippen LogP contribution in [-0.4, -0.2) is 22.2 Å². The predicted molar refractivity (Wildman–Crippen MR) is 134 cm³/mol. The molecule has 0 spiro atoms. The molecule has 0 amide bonds. The summed E-state index contributed by atoms with van der Waals surface area (Å²) in [7, 11) is 0. The molecule has 35 heavy (non-hydrogen) atoms. The summed E-state index contributed by atoms with van der Waals surface area (Å²) in [6.07, 6.45) is 0. The average Bonchev–Trinajstić information content (AvgIpc) is 2.89. The van der Waals surface area contributed by atoms with Crippen molar-refractivity contribution in [1.29, 1.82) is 0 Å². The van der Waals surface area contributed by atoms with Gasteiger partial charge in [-0.2, -0.15) is 0 Å². The molecule has 0 aromatic heterocycles. The summed E-state index contributed by atoms with van der Waals surface area (Å²) >= 11 is 5.37. The number of phenols is 1. The van der Waals surface area contributed by atoms with Crippen LogP contribution >= 0.6 is 11.9 Å². The maximum atomic E-state index is 12.4. The quantitative estimate of drug-likeness (QED) is 0.213. The Kier molecular flexibility index (Phi) is 7.14. The highest BCUT2D eigenvalue weighted by molar-refractivity contribution is 6.09. The van der Waals surface area contributed by atoms with Crippen LogP contribution in [0.15, 0.2) is 103 Å². The molecule has 174 valence electrons. The number of hydrogen-bond donors (Lipinski definition) is 2. The monoisotopic (exact) mass is 486 g/mol. The Morgan fingerprint density at radius 3 is 1.89 bits per heavy atom. The summed E-state index contributed by atoms with van der Waals surface area (Å²) in [6, 6.07) is 30.1. The number of aromatic hydroxyl groups is 1. The highest BCUT2D eigenvalue weighted by atomic mass is 35.5. The third-order valence-electron chi connectivity index (χ3n) is 5.28. The summed E-state index contributed by atoms with van der Waals surface area (Å²) in [5.41, 5.74) is 0.432. The molecule has 7 heteroatoms. The number of rotatable bonds is 4. The Morgan fingerprint density at radius 1 is 0.629 bits per heavy atom. The molecule has 0 saturated carbocycles. The van der Waals surface area contributed by atoms with E-state index in [2.05, 4.69) is 4.29 Å². The first-order chi connectivity index (χ1) is 17.0. The van der Waals surface area contributed by atoms with E-state index in [9.17, 15) is 14.7 Å². The topological polar surface area (TPSA) is 93.1 Å². The van der Waals surface area contributed by atoms with Gasteiger partial charge in [0.1, 0.15) is 23.2 Å². The lowest BCUT2D eigenvalue weighted by atomic mass is 10.0. The lowest BCUT2D eigenvalue weighted by Crippen LogP contribution is -2.09. The van der Waals surface area contributed by atoms with E-state index in [1.807, 2.05) is 48.5 Å². The fourth-order valence-electron chi connectivity index (χ4n) is 3.58. The van der Waals surface area contributed by atoms with E-state index >= 15 is 0 Å². The standard InChI is InChI=1S/C17H11ClO3.C11H8O3/c18-21-16-11-4-3-10-15(16)20-17(19)14-9-5-7-12-6-1-2-8-13(12)14;12-10-8-4-2-1-3-7(8)5-6-9(10)11(13)14/h1-11H;1-6,12H,(H,13,14). The number of carboxylic acid groups (broad SMARTS) is 1. The van der Waals surface area contributed by atoms with E-state index < -0.39 is 11.9 Å². The normalized spacial score (nSPS) is 10.3. The van der Waals surface area contributed by atoms with Gasteiger partial charge in [0.2, 0.25) is 0 Å². The van der Waals surface area contributed by atoms with Crippen LogP contribution in [0.1, 0.15) is 20.7 Å². The van der Waals surface area contributed by atoms with Gasteiger partial charge in [0, 0.05) is 5.39 Å². The second-order valence-corrected chi connectivity index (χ2v) is 7.58. The van der Waals surface area contributed by atoms with Gasteiger partial charge >= 0.3 is 11.9 Å². The summed E-state index contributed by atoms with van der Waals surface area (Å²) < 4.78 is 10.0. The third kappa shape index (κ3) is 5.18. The second kappa shape index (κ2) is 10.6. The van der Waals surface area contributed by atoms with Crippen LogP contribution in [0, 0.1) is 0 Å². The number of fused-ring (bicyclic) bond motifs is 2. The third-order valence-corrected chi connectivity index (χ3v) is 5.44. The second-order valence-electron chi connectivity index (χ2n) is 7.43. The van der Waals surface area contributed by atoms with Crippen molar-refractivity contribution in [3.05, 3.63) is 114 Å². The van der Waals surface area contributed by atoms with Crippen molar-refractivity contribution >= 4 is 45.3 Å². The van der Waals surface area contributed by atoms with Crippen LogP contribution < -0.4 is 9.03 Å². The molecular formula is C28H19ClO6. The SMILES string of the molecule is O=C(O)c1ccc2ccccc2c1O.O=C(Oc1ccccc1OCl)c1cccc2ccccc12. The predicted octanol–water partition coefficient (Wildman–Crippen LogP) is 6.84. The number of aromatic carboxylic acids is 1. The van der Waals surface area contributed by atoms with Crippen molar-refractivity contribution in [2.75, 3.05) is 0 Å². The fourth-order valence-corrected chi connectivity index (χ4v) is 3.71. The number of para-hydroxylation sites is 2. The number of carbonyl (C=O) groups excluding carboxylic acids is 1. The van der Waals surface area contributed by atoms with Crippen LogP contribution in [0.5, 0.6) is 17.2 Å². The van der Waals surface area contributed by atoms with Gasteiger partial charge < -0.3 is 19.2 Å². The van der Waals surface area contributed by atoms with Crippen LogP contribution in [0.4, 0.5) is 0 Å². The van der Waals surface area contributed by atoms with Gasteiger partial charge in [-0.3, -0.25) is 0 Å². The fraction of sp³-hybridized carbons (Fsp3) is 0. The summed E-state index contributed by atoms with van der Waals surface area (Å²) in [5.74, 6) is -1.16. The Hall–Kier alpha value is -4.55. The number of hydrogen-bond acceptors (Lipinski definition) is 5. The molecule has 0 unspecified atom stereocenters. The van der Waals surface area contributed by atoms with Gasteiger partial charge in [-0.1, -0.05) is 78.9 Å². The lowest BCUT2D eigenvalue weighted by molar-refractivity contribution is 0.0691. The molecule has 0 aliphatic rings. The molecule has 5 aromatic carbocycles. The Balaban J connectivity index is 0.000000179. The number of carboxylic acids is 1. The van der Waals surface area contributed by atoms with E-state index in [1.165, 1.54) is 6.07 Å². The van der Waals surface area contributed by atoms with E-state index in [0.717, 1.165) is 16.2 Å². The van der Waals surface area contributed by atoms with Crippen molar-refractivity contribution in [2.24, 2.45) is 0 Å². The van der Waals surface area contributed by atoms with Gasteiger partial charge in [0.15, 0.2) is 11.5 Å². The molecule has 0 radical (unpaired) electrons. The molecule has 0 aliphatic carbocycles. The van der Waals surface area contributed by atoms with Gasteiger partial charge in [-0.25, -0.2) is 9.59 Å². The average molecular weight is 487 g/mol. The number of ether oxygens (including phenoxy) is 1. The van der Waals surface area contributed by atoms with E-state index in [1.54, 1.807) is 48.5 Å². The first-order valence-corrected chi connectivity index (χ1v) is 10.8. The van der Waals surface area contributed by atoms with Crippen molar-refractivity contribution in [1.82, 2.24) is 0 Å². The minimum Gasteiger partial charge on any atom is -0.506 e. The molecule has 0 aliphatic heterocycles. The highest BCUT2D eigenvalue weighted by Gasteiger charge is 2.15. The minimum atomic E-state index is -1.12. The Labute approximate surface area is 205 Å². The summed E-state index contributed by atoms with van der Waals surface area (Å²) in [6.45, 7) is 0. The van der Waals surface area contributed by atoms with Crippen molar-refractivity contribution in [3.63, 3.8) is 0 Å². The van der Waals surface area contributed by atoms with Gasteiger partial charge in [0.25, 0.3) is 0 Å². The number of benzene rings is 5. The van der Waals surface area contributed by atoms with Crippen molar-refractivity contribution < 1.29 is 28.8 Å². The zero-order valence-corrected chi connectivity index (χ0v) is 19.0. The maximum absolute atomic E-state index is 12.4. The molecule has 2 N–H and O–H groups in total. The molecule has 0 saturated heterocycles. The van der Waals surface area contributed by atoms with E-state index in [4.69, 9.17) is 21.7 Å². The minimum absolute atomic E-state index is 0.0660. The van der Waals surface area contributed by atoms with Crippen molar-refractivity contribution in [2.45, 2.75) is 0 Å². The van der Waals surface area contributed by atoms with E-state index in [0.29, 0.717) is 16.7 Å². The Morgan fingerprint density at radius 2 is 1.20 bits per heavy atom. The Bertz CT molecular complexity index is 1520. The highest BCUT2D eigenvalue weighted by Crippen LogP contribution is 2.29. The lowest BCUT2D eigenvalue weighted by Gasteiger charge is -2.09. The van der Waals surface area contributed by atoms with Gasteiger partial charge in [-0.15, -0.1) is 0 Å². The van der Waals surface area contributed by atoms with Crippen LogP contribution in [0.25, 0.3) is 21.5 Å². The molecule has 5 aromatic rings. The molecule has 6 nitrogen and oxygen atoms in total. The molecule has 0 fully saturated rings. The number of carbonyl (C=O) groups is 2. The largest absolute Gasteiger partial charge is 0.506 e. The zero-order chi connectivity index (χ0) is 24.8. The molecule has 0 atom stereocenters.